The van der Waals surface area contributed by atoms with Gasteiger partial charge in [-0.1, -0.05) is 36.7 Å². The highest BCUT2D eigenvalue weighted by Crippen LogP contribution is 2.34. The first kappa shape index (κ1) is 20.7. The zero-order chi connectivity index (χ0) is 22.4. The highest BCUT2D eigenvalue weighted by atomic mass is 32.1. The third-order valence-corrected chi connectivity index (χ3v) is 8.09. The second-order valence-corrected chi connectivity index (χ2v) is 10.7. The molecule has 2 saturated carbocycles. The van der Waals surface area contributed by atoms with Crippen molar-refractivity contribution >= 4 is 60.2 Å². The molecule has 3 aromatic heterocycles. The molecule has 9 heteroatoms. The number of carbonyl (C=O) groups is 2. The van der Waals surface area contributed by atoms with E-state index in [1.807, 2.05) is 24.4 Å². The van der Waals surface area contributed by atoms with Crippen molar-refractivity contribution in [2.45, 2.75) is 51.0 Å². The predicted octanol–water partition coefficient (Wildman–Crippen LogP) is 5.38. The number of rotatable bonds is 5. The largest absolute Gasteiger partial charge is 0.348 e. The van der Waals surface area contributed by atoms with Gasteiger partial charge in [-0.25, -0.2) is 9.97 Å². The normalized spacial score (nSPS) is 16.8. The van der Waals surface area contributed by atoms with Crippen molar-refractivity contribution in [1.29, 1.82) is 0 Å². The average Bonchev–Trinajstić information content (AvgIpc) is 3.48. The van der Waals surface area contributed by atoms with Crippen LogP contribution in [-0.2, 0) is 4.79 Å². The molecule has 1 aromatic carbocycles. The Morgan fingerprint density at radius 3 is 2.67 bits per heavy atom. The number of pyridine rings is 1. The maximum absolute atomic E-state index is 12.9. The molecule has 0 atom stereocenters. The van der Waals surface area contributed by atoms with Crippen LogP contribution in [0.2, 0.25) is 0 Å². The van der Waals surface area contributed by atoms with Crippen molar-refractivity contribution in [2.75, 3.05) is 5.32 Å². The monoisotopic (exact) mass is 477 g/mol. The van der Waals surface area contributed by atoms with E-state index in [2.05, 4.69) is 31.0 Å². The SMILES string of the molecule is O=C(NC1CCCCC1)c1nsc2ncc(-c3ccc4nc(NC(=O)C5CC5)sc4c3)cc12. The van der Waals surface area contributed by atoms with Crippen LogP contribution >= 0.6 is 22.9 Å². The van der Waals surface area contributed by atoms with Crippen LogP contribution in [0.3, 0.4) is 0 Å². The second-order valence-electron chi connectivity index (χ2n) is 8.88. The van der Waals surface area contributed by atoms with Gasteiger partial charge in [-0.3, -0.25) is 9.59 Å². The molecule has 2 amide bonds. The number of amides is 2. The van der Waals surface area contributed by atoms with Gasteiger partial charge in [0.25, 0.3) is 5.91 Å². The Hall–Kier alpha value is -2.91. The van der Waals surface area contributed by atoms with Gasteiger partial charge in [0, 0.05) is 29.1 Å². The van der Waals surface area contributed by atoms with E-state index in [4.69, 9.17) is 0 Å². The zero-order valence-corrected chi connectivity index (χ0v) is 19.6. The smallest absolute Gasteiger partial charge is 0.271 e. The molecule has 0 spiro atoms. The minimum absolute atomic E-state index is 0.0629. The van der Waals surface area contributed by atoms with Crippen molar-refractivity contribution < 1.29 is 9.59 Å². The molecule has 2 fully saturated rings. The average molecular weight is 478 g/mol. The number of hydrogen-bond acceptors (Lipinski definition) is 7. The number of nitrogens with one attached hydrogen (secondary N) is 2. The summed E-state index contributed by atoms with van der Waals surface area (Å²) in [5.74, 6) is 0.100. The van der Waals surface area contributed by atoms with E-state index in [1.54, 1.807) is 0 Å². The summed E-state index contributed by atoms with van der Waals surface area (Å²) in [5, 5.41) is 7.52. The van der Waals surface area contributed by atoms with Gasteiger partial charge in [0.15, 0.2) is 10.8 Å². The van der Waals surface area contributed by atoms with Crippen LogP contribution in [0.15, 0.2) is 30.5 Å². The van der Waals surface area contributed by atoms with Crippen molar-refractivity contribution in [3.05, 3.63) is 36.2 Å². The Morgan fingerprint density at radius 2 is 1.85 bits per heavy atom. The lowest BCUT2D eigenvalue weighted by molar-refractivity contribution is -0.117. The Morgan fingerprint density at radius 1 is 1.00 bits per heavy atom. The maximum atomic E-state index is 12.9. The quantitative estimate of drug-likeness (QED) is 0.402. The lowest BCUT2D eigenvalue weighted by atomic mass is 9.95. The van der Waals surface area contributed by atoms with Crippen LogP contribution in [0.5, 0.6) is 0 Å². The molecule has 168 valence electrons. The number of carbonyl (C=O) groups excluding carboxylic acids is 2. The van der Waals surface area contributed by atoms with E-state index in [0.29, 0.717) is 10.8 Å². The molecule has 0 bridgehead atoms. The molecule has 0 aliphatic heterocycles. The lowest BCUT2D eigenvalue weighted by Gasteiger charge is -2.22. The predicted molar refractivity (Wildman–Crippen MR) is 132 cm³/mol. The van der Waals surface area contributed by atoms with E-state index in [1.165, 1.54) is 42.1 Å². The molecule has 0 saturated heterocycles. The van der Waals surface area contributed by atoms with Crippen molar-refractivity contribution in [1.82, 2.24) is 19.7 Å². The van der Waals surface area contributed by atoms with E-state index >= 15 is 0 Å². The molecule has 2 N–H and O–H groups in total. The van der Waals surface area contributed by atoms with Gasteiger partial charge in [-0.2, -0.15) is 4.37 Å². The van der Waals surface area contributed by atoms with Crippen molar-refractivity contribution in [2.24, 2.45) is 5.92 Å². The van der Waals surface area contributed by atoms with Gasteiger partial charge < -0.3 is 10.6 Å². The fourth-order valence-corrected chi connectivity index (χ4v) is 5.99. The van der Waals surface area contributed by atoms with Crippen LogP contribution < -0.4 is 10.6 Å². The molecular formula is C24H23N5O2S2. The fourth-order valence-electron chi connectivity index (χ4n) is 4.37. The van der Waals surface area contributed by atoms with E-state index in [0.717, 1.165) is 57.2 Å². The van der Waals surface area contributed by atoms with Crippen LogP contribution in [0.25, 0.3) is 31.6 Å². The first-order valence-corrected chi connectivity index (χ1v) is 13.0. The van der Waals surface area contributed by atoms with E-state index < -0.39 is 0 Å². The van der Waals surface area contributed by atoms with Crippen LogP contribution in [0, 0.1) is 5.92 Å². The Bertz CT molecular complexity index is 1370. The first-order chi connectivity index (χ1) is 16.1. The van der Waals surface area contributed by atoms with Crippen molar-refractivity contribution in [3.63, 3.8) is 0 Å². The standard InChI is InChI=1S/C24H23N5O2S2/c30-21(13-6-7-13)28-24-27-18-9-8-14(11-19(18)32-24)15-10-17-20(29-33-23(17)25-12-15)22(31)26-16-4-2-1-3-5-16/h8-13,16H,1-7H2,(H,26,31)(H,27,28,30). The lowest BCUT2D eigenvalue weighted by Crippen LogP contribution is -2.36. The molecule has 2 aliphatic carbocycles. The third kappa shape index (κ3) is 4.22. The minimum atomic E-state index is -0.110. The first-order valence-electron chi connectivity index (χ1n) is 11.4. The Kier molecular flexibility index (Phi) is 5.30. The number of fused-ring (bicyclic) bond motifs is 2. The summed E-state index contributed by atoms with van der Waals surface area (Å²) in [6, 6.07) is 8.26. The summed E-state index contributed by atoms with van der Waals surface area (Å²) in [7, 11) is 0. The van der Waals surface area contributed by atoms with E-state index in [9.17, 15) is 9.59 Å². The summed E-state index contributed by atoms with van der Waals surface area (Å²) in [4.78, 5) is 34.8. The molecule has 2 aliphatic rings. The summed E-state index contributed by atoms with van der Waals surface area (Å²) in [6.45, 7) is 0. The fraction of sp³-hybridized carbons (Fsp3) is 0.375. The maximum Gasteiger partial charge on any atom is 0.271 e. The van der Waals surface area contributed by atoms with Crippen LogP contribution in [0.1, 0.15) is 55.4 Å². The highest BCUT2D eigenvalue weighted by molar-refractivity contribution is 7.22. The molecular weight excluding hydrogens is 454 g/mol. The van der Waals surface area contributed by atoms with Crippen LogP contribution in [0.4, 0.5) is 5.13 Å². The van der Waals surface area contributed by atoms with E-state index in [-0.39, 0.29) is 23.8 Å². The molecule has 6 rings (SSSR count). The molecule has 0 radical (unpaired) electrons. The number of benzene rings is 1. The number of thiazole rings is 1. The van der Waals surface area contributed by atoms with Gasteiger partial charge in [-0.05, 0) is 61.0 Å². The summed E-state index contributed by atoms with van der Waals surface area (Å²) in [6.07, 6.45) is 9.41. The summed E-state index contributed by atoms with van der Waals surface area (Å²) < 4.78 is 5.41. The highest BCUT2D eigenvalue weighted by Gasteiger charge is 2.30. The molecule has 4 aromatic rings. The molecule has 7 nitrogen and oxygen atoms in total. The second kappa shape index (κ2) is 8.46. The van der Waals surface area contributed by atoms with Gasteiger partial charge in [0.2, 0.25) is 5.91 Å². The zero-order valence-electron chi connectivity index (χ0n) is 18.0. The van der Waals surface area contributed by atoms with Gasteiger partial charge >= 0.3 is 0 Å². The van der Waals surface area contributed by atoms with Crippen LogP contribution in [-0.4, -0.2) is 32.2 Å². The molecule has 0 unspecified atom stereocenters. The van der Waals surface area contributed by atoms with Gasteiger partial charge in [0.1, 0.15) is 4.83 Å². The Labute approximate surface area is 198 Å². The van der Waals surface area contributed by atoms with Gasteiger partial charge in [-0.15, -0.1) is 0 Å². The molecule has 33 heavy (non-hydrogen) atoms. The minimum Gasteiger partial charge on any atom is -0.348 e. The van der Waals surface area contributed by atoms with Crippen molar-refractivity contribution in [3.8, 4) is 11.1 Å². The number of aromatic nitrogens is 3. The number of hydrogen-bond donors (Lipinski definition) is 2. The number of anilines is 1. The molecule has 3 heterocycles. The van der Waals surface area contributed by atoms with Gasteiger partial charge in [0.05, 0.1) is 10.2 Å². The topological polar surface area (TPSA) is 96.9 Å². The summed E-state index contributed by atoms with van der Waals surface area (Å²) >= 11 is 2.73. The third-order valence-electron chi connectivity index (χ3n) is 6.39. The number of nitrogens with zero attached hydrogens (tertiary/aromatic N) is 3. The summed E-state index contributed by atoms with van der Waals surface area (Å²) in [5.41, 5.74) is 3.23. The Balaban J connectivity index is 1.27.